The highest BCUT2D eigenvalue weighted by Crippen LogP contribution is 2.45. The third-order valence-electron chi connectivity index (χ3n) is 7.06. The summed E-state index contributed by atoms with van der Waals surface area (Å²) in [6.45, 7) is 5.11. The summed E-state index contributed by atoms with van der Waals surface area (Å²) in [6.07, 6.45) is 1.78. The minimum atomic E-state index is -0.661. The number of hydrogen-bond acceptors (Lipinski definition) is 3. The fourth-order valence-corrected chi connectivity index (χ4v) is 5.18. The number of aromatic amines is 1. The Morgan fingerprint density at radius 2 is 1.82 bits per heavy atom. The van der Waals surface area contributed by atoms with Crippen molar-refractivity contribution < 1.29 is 22.7 Å². The lowest BCUT2D eigenvalue weighted by Gasteiger charge is -2.37. The molecule has 5 nitrogen and oxygen atoms in total. The van der Waals surface area contributed by atoms with Gasteiger partial charge in [-0.3, -0.25) is 9.69 Å². The molecular formula is C26H28F3N3O2. The van der Waals surface area contributed by atoms with Crippen molar-refractivity contribution in [3.63, 3.8) is 0 Å². The molecule has 34 heavy (non-hydrogen) atoms. The lowest BCUT2D eigenvalue weighted by molar-refractivity contribution is -0.124. The van der Waals surface area contributed by atoms with Crippen LogP contribution in [0, 0.1) is 17.5 Å². The van der Waals surface area contributed by atoms with Crippen molar-refractivity contribution in [2.24, 2.45) is 0 Å². The first-order valence-electron chi connectivity index (χ1n) is 11.8. The lowest BCUT2D eigenvalue weighted by Crippen LogP contribution is -2.47. The van der Waals surface area contributed by atoms with Crippen LogP contribution in [-0.4, -0.2) is 54.2 Å². The fourth-order valence-electron chi connectivity index (χ4n) is 5.18. The quantitative estimate of drug-likeness (QED) is 0.547. The number of carbonyl (C=O) groups is 1. The number of nitrogens with zero attached hydrogens (tertiary/aromatic N) is 1. The maximum Gasteiger partial charge on any atom is 0.221 e. The molecule has 3 aromatic rings. The van der Waals surface area contributed by atoms with Gasteiger partial charge in [0.25, 0.3) is 0 Å². The summed E-state index contributed by atoms with van der Waals surface area (Å²) in [6, 6.07) is 8.31. The van der Waals surface area contributed by atoms with Crippen LogP contribution in [0.15, 0.2) is 36.4 Å². The van der Waals surface area contributed by atoms with Crippen molar-refractivity contribution in [2.45, 2.75) is 44.2 Å². The monoisotopic (exact) mass is 471 g/mol. The van der Waals surface area contributed by atoms with Gasteiger partial charge >= 0.3 is 0 Å². The number of fused-ring (bicyclic) bond motifs is 1. The van der Waals surface area contributed by atoms with Crippen LogP contribution in [0.1, 0.15) is 37.7 Å². The van der Waals surface area contributed by atoms with Gasteiger partial charge in [0.2, 0.25) is 5.91 Å². The molecule has 2 fully saturated rings. The van der Waals surface area contributed by atoms with E-state index in [-0.39, 0.29) is 35.2 Å². The van der Waals surface area contributed by atoms with Crippen molar-refractivity contribution in [3.05, 3.63) is 59.4 Å². The van der Waals surface area contributed by atoms with Crippen LogP contribution < -0.4 is 5.32 Å². The van der Waals surface area contributed by atoms with Gasteiger partial charge in [0.1, 0.15) is 17.5 Å². The van der Waals surface area contributed by atoms with E-state index in [4.69, 9.17) is 4.74 Å². The lowest BCUT2D eigenvalue weighted by atomic mass is 9.74. The Balaban J connectivity index is 1.31. The zero-order chi connectivity index (χ0) is 23.8. The van der Waals surface area contributed by atoms with Gasteiger partial charge in [-0.2, -0.15) is 0 Å². The smallest absolute Gasteiger partial charge is 0.221 e. The molecule has 1 aliphatic carbocycles. The standard InChI is InChI=1S/C26H28F3N3O2/c1-15(32-6-8-34-9-7-32)10-23(33)30-20-11-17(12-20)24-21-13-19(28)14-22(29)26(21)31-25(24)16-2-4-18(27)5-3-16/h2-5,13-15,17,20,31H,6-12H2,1H3,(H,30,33)/t15?,17-,20-. The Labute approximate surface area is 196 Å². The van der Waals surface area contributed by atoms with E-state index in [1.807, 2.05) is 0 Å². The van der Waals surface area contributed by atoms with Crippen molar-refractivity contribution in [2.75, 3.05) is 26.3 Å². The number of aromatic nitrogens is 1. The van der Waals surface area contributed by atoms with Crippen LogP contribution >= 0.6 is 0 Å². The molecular weight excluding hydrogens is 443 g/mol. The Hall–Kier alpha value is -2.84. The predicted octanol–water partition coefficient (Wildman–Crippen LogP) is 4.73. The second-order valence-electron chi connectivity index (χ2n) is 9.36. The molecule has 1 atom stereocenters. The number of benzene rings is 2. The number of hydrogen-bond donors (Lipinski definition) is 2. The molecule has 2 N–H and O–H groups in total. The summed E-state index contributed by atoms with van der Waals surface area (Å²) in [7, 11) is 0. The average Bonchev–Trinajstić information content (AvgIpc) is 3.16. The van der Waals surface area contributed by atoms with E-state index in [1.54, 1.807) is 12.1 Å². The number of rotatable bonds is 6. The average molecular weight is 472 g/mol. The minimum Gasteiger partial charge on any atom is -0.379 e. The molecule has 2 heterocycles. The van der Waals surface area contributed by atoms with E-state index in [0.717, 1.165) is 24.7 Å². The molecule has 2 aliphatic rings. The van der Waals surface area contributed by atoms with Crippen molar-refractivity contribution in [1.82, 2.24) is 15.2 Å². The molecule has 1 aliphatic heterocycles. The van der Waals surface area contributed by atoms with Gasteiger partial charge in [-0.05, 0) is 67.1 Å². The van der Waals surface area contributed by atoms with Gasteiger partial charge in [0, 0.05) is 43.0 Å². The topological polar surface area (TPSA) is 57.4 Å². The number of carbonyl (C=O) groups excluding carboxylic acids is 1. The Kier molecular flexibility index (Phi) is 6.36. The maximum atomic E-state index is 14.5. The molecule has 180 valence electrons. The maximum absolute atomic E-state index is 14.5. The molecule has 1 saturated carbocycles. The minimum absolute atomic E-state index is 0.0113. The van der Waals surface area contributed by atoms with Crippen LogP contribution in [0.5, 0.6) is 0 Å². The highest BCUT2D eigenvalue weighted by atomic mass is 19.1. The van der Waals surface area contributed by atoms with Gasteiger partial charge in [0.05, 0.1) is 24.4 Å². The van der Waals surface area contributed by atoms with Crippen LogP contribution in [0.25, 0.3) is 22.2 Å². The number of morpholine rings is 1. The van der Waals surface area contributed by atoms with Gasteiger partial charge in [-0.25, -0.2) is 13.2 Å². The number of amides is 1. The van der Waals surface area contributed by atoms with Gasteiger partial charge in [-0.15, -0.1) is 0 Å². The molecule has 8 heteroatoms. The van der Waals surface area contributed by atoms with Crippen LogP contribution in [0.2, 0.25) is 0 Å². The second-order valence-corrected chi connectivity index (χ2v) is 9.36. The summed E-state index contributed by atoms with van der Waals surface area (Å²) in [5.41, 5.74) is 2.42. The molecule has 1 aromatic heterocycles. The Morgan fingerprint density at radius 3 is 2.53 bits per heavy atom. The Bertz CT molecular complexity index is 1180. The van der Waals surface area contributed by atoms with E-state index in [2.05, 4.69) is 22.1 Å². The van der Waals surface area contributed by atoms with Crippen molar-refractivity contribution in [3.8, 4) is 11.3 Å². The van der Waals surface area contributed by atoms with Gasteiger partial charge in [0.15, 0.2) is 0 Å². The number of halogens is 3. The fraction of sp³-hybridized carbons (Fsp3) is 0.423. The van der Waals surface area contributed by atoms with Crippen LogP contribution in [-0.2, 0) is 9.53 Å². The first-order chi connectivity index (χ1) is 16.4. The third-order valence-corrected chi connectivity index (χ3v) is 7.06. The molecule has 1 unspecified atom stereocenters. The zero-order valence-corrected chi connectivity index (χ0v) is 19.0. The molecule has 0 spiro atoms. The number of ether oxygens (including phenoxy) is 1. The summed E-state index contributed by atoms with van der Waals surface area (Å²) in [4.78, 5) is 18.0. The summed E-state index contributed by atoms with van der Waals surface area (Å²) < 4.78 is 47.5. The molecule has 1 amide bonds. The van der Waals surface area contributed by atoms with Crippen molar-refractivity contribution >= 4 is 16.8 Å². The normalized spacial score (nSPS) is 21.9. The number of H-pyrrole nitrogens is 1. The molecule has 0 radical (unpaired) electrons. The van der Waals surface area contributed by atoms with E-state index in [1.165, 1.54) is 18.2 Å². The van der Waals surface area contributed by atoms with Crippen LogP contribution in [0.4, 0.5) is 13.2 Å². The SMILES string of the molecule is CC(CC(=O)N[C@H]1C[C@H](c2c(-c3ccc(F)cc3)[nH]c3c(F)cc(F)cc32)C1)N1CCOCC1. The Morgan fingerprint density at radius 1 is 1.12 bits per heavy atom. The molecule has 0 bridgehead atoms. The van der Waals surface area contributed by atoms with Gasteiger partial charge in [-0.1, -0.05) is 0 Å². The third kappa shape index (κ3) is 4.57. The van der Waals surface area contributed by atoms with E-state index < -0.39 is 11.6 Å². The predicted molar refractivity (Wildman–Crippen MR) is 124 cm³/mol. The van der Waals surface area contributed by atoms with Gasteiger partial charge < -0.3 is 15.0 Å². The van der Waals surface area contributed by atoms with E-state index in [0.29, 0.717) is 49.1 Å². The second kappa shape index (κ2) is 9.43. The summed E-state index contributed by atoms with van der Waals surface area (Å²) in [5, 5.41) is 3.60. The molecule has 5 rings (SSSR count). The van der Waals surface area contributed by atoms with E-state index in [9.17, 15) is 18.0 Å². The van der Waals surface area contributed by atoms with E-state index >= 15 is 0 Å². The largest absolute Gasteiger partial charge is 0.379 e. The van der Waals surface area contributed by atoms with Crippen LogP contribution in [0.3, 0.4) is 0 Å². The highest BCUT2D eigenvalue weighted by molar-refractivity contribution is 5.92. The summed E-state index contributed by atoms with van der Waals surface area (Å²) in [5.74, 6) is -1.63. The molecule has 2 aromatic carbocycles. The molecule has 1 saturated heterocycles. The highest BCUT2D eigenvalue weighted by Gasteiger charge is 2.36. The zero-order valence-electron chi connectivity index (χ0n) is 19.0. The first kappa shape index (κ1) is 22.9. The van der Waals surface area contributed by atoms with Crippen molar-refractivity contribution in [1.29, 1.82) is 0 Å². The summed E-state index contributed by atoms with van der Waals surface area (Å²) >= 11 is 0. The number of nitrogens with one attached hydrogen (secondary N) is 2. The first-order valence-corrected chi connectivity index (χ1v) is 11.8.